The van der Waals surface area contributed by atoms with Crippen molar-refractivity contribution < 1.29 is 19.5 Å². The Morgan fingerprint density at radius 2 is 2.08 bits per heavy atom. The van der Waals surface area contributed by atoms with Crippen molar-refractivity contribution in [3.8, 4) is 0 Å². The third-order valence-corrected chi connectivity index (χ3v) is 3.73. The summed E-state index contributed by atoms with van der Waals surface area (Å²) in [5.41, 5.74) is 1.08. The highest BCUT2D eigenvalue weighted by molar-refractivity contribution is 5.94. The van der Waals surface area contributed by atoms with E-state index >= 15 is 0 Å². The van der Waals surface area contributed by atoms with E-state index < -0.39 is 5.97 Å². The van der Waals surface area contributed by atoms with Crippen molar-refractivity contribution in [3.05, 3.63) is 47.3 Å². The molecule has 0 spiro atoms. The molecule has 9 nitrogen and oxygen atoms in total. The minimum atomic E-state index is -1.20. The Hall–Kier alpha value is -3.23. The molecule has 1 aromatic heterocycles. The molecule has 3 N–H and O–H groups in total. The van der Waals surface area contributed by atoms with E-state index in [-0.39, 0.29) is 36.6 Å². The Morgan fingerprint density at radius 3 is 2.73 bits per heavy atom. The second kappa shape index (κ2) is 8.75. The number of nitrogens with zero attached hydrogens (tertiary/aromatic N) is 3. The largest absolute Gasteiger partial charge is 0.476 e. The smallest absolute Gasteiger partial charge is 0.358 e. The average Bonchev–Trinajstić information content (AvgIpc) is 3.08. The van der Waals surface area contributed by atoms with Gasteiger partial charge in [-0.1, -0.05) is 24.3 Å². The number of carboxylic acids is 1. The van der Waals surface area contributed by atoms with Gasteiger partial charge in [0.15, 0.2) is 5.69 Å². The first kappa shape index (κ1) is 19.1. The zero-order chi connectivity index (χ0) is 19.1. The van der Waals surface area contributed by atoms with Gasteiger partial charge in [-0.05, 0) is 31.0 Å². The molecule has 26 heavy (non-hydrogen) atoms. The van der Waals surface area contributed by atoms with Gasteiger partial charge in [-0.2, -0.15) is 0 Å². The molecule has 0 saturated carbocycles. The number of nitrogens with one attached hydrogen (secondary N) is 2. The Labute approximate surface area is 150 Å². The van der Waals surface area contributed by atoms with Crippen molar-refractivity contribution in [2.24, 2.45) is 0 Å². The summed E-state index contributed by atoms with van der Waals surface area (Å²) < 4.78 is 1.15. The van der Waals surface area contributed by atoms with E-state index in [2.05, 4.69) is 20.9 Å². The molecular weight excluding hydrogens is 338 g/mol. The van der Waals surface area contributed by atoms with Crippen LogP contribution in [0.4, 0.5) is 0 Å². The van der Waals surface area contributed by atoms with Crippen molar-refractivity contribution in [2.75, 3.05) is 0 Å². The molecule has 0 aliphatic rings. The summed E-state index contributed by atoms with van der Waals surface area (Å²) in [4.78, 5) is 34.8. The molecule has 2 rings (SSSR count). The second-order valence-corrected chi connectivity index (χ2v) is 5.87. The van der Waals surface area contributed by atoms with Gasteiger partial charge in [0.2, 0.25) is 5.91 Å². The number of hydrogen-bond acceptors (Lipinski definition) is 5. The van der Waals surface area contributed by atoms with Gasteiger partial charge in [-0.15, -0.1) is 5.10 Å². The summed E-state index contributed by atoms with van der Waals surface area (Å²) in [6, 6.07) is 7.08. The van der Waals surface area contributed by atoms with E-state index in [9.17, 15) is 14.4 Å². The number of hydrogen-bond donors (Lipinski definition) is 3. The molecule has 0 saturated heterocycles. The third-order valence-electron chi connectivity index (χ3n) is 3.73. The molecule has 2 aromatic rings. The molecule has 0 bridgehead atoms. The summed E-state index contributed by atoms with van der Waals surface area (Å²) in [5, 5.41) is 21.4. The van der Waals surface area contributed by atoms with E-state index in [1.54, 1.807) is 24.3 Å². The summed E-state index contributed by atoms with van der Waals surface area (Å²) >= 11 is 0. The number of benzene rings is 1. The van der Waals surface area contributed by atoms with E-state index in [4.69, 9.17) is 5.11 Å². The van der Waals surface area contributed by atoms with Gasteiger partial charge in [0.25, 0.3) is 5.91 Å². The lowest BCUT2D eigenvalue weighted by atomic mass is 10.1. The van der Waals surface area contributed by atoms with Gasteiger partial charge >= 0.3 is 5.97 Å². The number of aromatic carboxylic acids is 1. The fourth-order valence-corrected chi connectivity index (χ4v) is 2.11. The zero-order valence-corrected chi connectivity index (χ0v) is 14.6. The Bertz CT molecular complexity index is 802. The zero-order valence-electron chi connectivity index (χ0n) is 14.6. The van der Waals surface area contributed by atoms with Crippen molar-refractivity contribution in [1.82, 2.24) is 25.6 Å². The molecule has 1 heterocycles. The first-order chi connectivity index (χ1) is 12.4. The van der Waals surface area contributed by atoms with Crippen LogP contribution in [0.5, 0.6) is 0 Å². The molecule has 2 amide bonds. The first-order valence-electron chi connectivity index (χ1n) is 8.19. The average molecular weight is 359 g/mol. The number of carbonyl (C=O) groups excluding carboxylic acids is 2. The minimum Gasteiger partial charge on any atom is -0.476 e. The van der Waals surface area contributed by atoms with Gasteiger partial charge in [0.1, 0.15) is 6.54 Å². The van der Waals surface area contributed by atoms with Gasteiger partial charge in [0, 0.05) is 18.2 Å². The summed E-state index contributed by atoms with van der Waals surface area (Å²) in [7, 11) is 0. The van der Waals surface area contributed by atoms with E-state index in [1.807, 2.05) is 13.8 Å². The highest BCUT2D eigenvalue weighted by Crippen LogP contribution is 2.06. The van der Waals surface area contributed by atoms with Crippen LogP contribution in [0.15, 0.2) is 30.5 Å². The van der Waals surface area contributed by atoms with Crippen molar-refractivity contribution in [1.29, 1.82) is 0 Å². The predicted molar refractivity (Wildman–Crippen MR) is 92.5 cm³/mol. The number of amides is 2. The van der Waals surface area contributed by atoms with E-state index in [1.165, 1.54) is 6.20 Å². The Kier molecular flexibility index (Phi) is 6.42. The number of aromatic nitrogens is 3. The Morgan fingerprint density at radius 1 is 1.31 bits per heavy atom. The van der Waals surface area contributed by atoms with Crippen LogP contribution in [-0.4, -0.2) is 43.9 Å². The molecule has 0 fully saturated rings. The second-order valence-electron chi connectivity index (χ2n) is 5.87. The van der Waals surface area contributed by atoms with Crippen LogP contribution in [0.1, 0.15) is 46.7 Å². The summed E-state index contributed by atoms with van der Waals surface area (Å²) in [6.45, 7) is 4.02. The molecule has 1 aromatic carbocycles. The summed E-state index contributed by atoms with van der Waals surface area (Å²) in [6.07, 6.45) is 2.02. The number of rotatable bonds is 8. The Balaban J connectivity index is 1.90. The monoisotopic (exact) mass is 359 g/mol. The lowest BCUT2D eigenvalue weighted by Gasteiger charge is -2.12. The van der Waals surface area contributed by atoms with Gasteiger partial charge < -0.3 is 15.7 Å². The molecule has 138 valence electrons. The van der Waals surface area contributed by atoms with E-state index in [0.717, 1.165) is 16.7 Å². The topological polar surface area (TPSA) is 126 Å². The van der Waals surface area contributed by atoms with Gasteiger partial charge in [-0.25, -0.2) is 9.48 Å². The van der Waals surface area contributed by atoms with Crippen LogP contribution in [-0.2, 0) is 17.9 Å². The van der Waals surface area contributed by atoms with Gasteiger partial charge in [-0.3, -0.25) is 9.59 Å². The van der Waals surface area contributed by atoms with Gasteiger partial charge in [0.05, 0.1) is 6.20 Å². The van der Waals surface area contributed by atoms with Crippen LogP contribution in [0, 0.1) is 0 Å². The SMILES string of the molecule is CCC(C)NC(=O)c1cccc(CNC(=O)Cn2cc(C(=O)O)nn2)c1. The molecule has 1 unspecified atom stereocenters. The number of carboxylic acid groups (broad SMARTS) is 1. The van der Waals surface area contributed by atoms with Crippen LogP contribution in [0.2, 0.25) is 0 Å². The number of carbonyl (C=O) groups is 3. The molecular formula is C17H21N5O4. The highest BCUT2D eigenvalue weighted by Gasteiger charge is 2.12. The summed E-state index contributed by atoms with van der Waals surface area (Å²) in [5.74, 6) is -1.71. The lowest BCUT2D eigenvalue weighted by Crippen LogP contribution is -2.32. The molecule has 0 radical (unpaired) electrons. The third kappa shape index (κ3) is 5.40. The van der Waals surface area contributed by atoms with E-state index in [0.29, 0.717) is 5.56 Å². The normalized spacial score (nSPS) is 11.6. The van der Waals surface area contributed by atoms with Crippen molar-refractivity contribution in [3.63, 3.8) is 0 Å². The fourth-order valence-electron chi connectivity index (χ4n) is 2.11. The van der Waals surface area contributed by atoms with Crippen LogP contribution >= 0.6 is 0 Å². The first-order valence-corrected chi connectivity index (χ1v) is 8.19. The quantitative estimate of drug-likeness (QED) is 0.640. The molecule has 9 heteroatoms. The predicted octanol–water partition coefficient (Wildman–Crippen LogP) is 0.821. The maximum absolute atomic E-state index is 12.1. The van der Waals surface area contributed by atoms with Crippen LogP contribution in [0.3, 0.4) is 0 Å². The molecule has 1 atom stereocenters. The molecule has 0 aliphatic carbocycles. The van der Waals surface area contributed by atoms with Crippen LogP contribution in [0.25, 0.3) is 0 Å². The minimum absolute atomic E-state index is 0.0873. The lowest BCUT2D eigenvalue weighted by molar-refractivity contribution is -0.122. The molecule has 0 aliphatic heterocycles. The highest BCUT2D eigenvalue weighted by atomic mass is 16.4. The van der Waals surface area contributed by atoms with Crippen molar-refractivity contribution >= 4 is 17.8 Å². The standard InChI is InChI=1S/C17H21N5O4/c1-3-11(2)19-16(24)13-6-4-5-12(7-13)8-18-15(23)10-22-9-14(17(25)26)20-21-22/h4-7,9,11H,3,8,10H2,1-2H3,(H,18,23)(H,19,24)(H,25,26). The maximum atomic E-state index is 12.1. The maximum Gasteiger partial charge on any atom is 0.358 e. The van der Waals surface area contributed by atoms with Crippen LogP contribution < -0.4 is 10.6 Å². The van der Waals surface area contributed by atoms with Crippen molar-refractivity contribution in [2.45, 2.75) is 39.4 Å². The fraction of sp³-hybridized carbons (Fsp3) is 0.353.